The summed E-state index contributed by atoms with van der Waals surface area (Å²) in [5.41, 5.74) is 1.14. The lowest BCUT2D eigenvalue weighted by atomic mass is 9.78. The average Bonchev–Trinajstić information content (AvgIpc) is 2.80. The molecule has 0 aromatic carbocycles. The number of nitrogens with zero attached hydrogens (tertiary/aromatic N) is 3. The minimum Gasteiger partial charge on any atom is -0.373 e. The van der Waals surface area contributed by atoms with E-state index in [1.807, 2.05) is 20.0 Å². The predicted molar refractivity (Wildman–Crippen MR) is 77.8 cm³/mol. The number of piperidine rings is 1. The van der Waals surface area contributed by atoms with E-state index >= 15 is 0 Å². The van der Waals surface area contributed by atoms with Crippen molar-refractivity contribution in [3.8, 4) is 0 Å². The SMILES string of the molecule is CNc1cc(C)nc(N2CCC3(CC2)CNC(=O)C3)n1. The zero-order chi connectivity index (χ0) is 14.2. The van der Waals surface area contributed by atoms with Crippen molar-refractivity contribution in [1.29, 1.82) is 0 Å². The molecular weight excluding hydrogens is 254 g/mol. The number of aromatic nitrogens is 2. The summed E-state index contributed by atoms with van der Waals surface area (Å²) in [4.78, 5) is 22.7. The smallest absolute Gasteiger partial charge is 0.227 e. The zero-order valence-corrected chi connectivity index (χ0v) is 12.1. The number of aryl methyl sites for hydroxylation is 1. The van der Waals surface area contributed by atoms with Gasteiger partial charge in [-0.3, -0.25) is 4.79 Å². The highest BCUT2D eigenvalue weighted by molar-refractivity contribution is 5.79. The van der Waals surface area contributed by atoms with Gasteiger partial charge in [-0.1, -0.05) is 0 Å². The fourth-order valence-electron chi connectivity index (χ4n) is 3.11. The highest BCUT2D eigenvalue weighted by atomic mass is 16.1. The van der Waals surface area contributed by atoms with E-state index < -0.39 is 0 Å². The van der Waals surface area contributed by atoms with Crippen molar-refractivity contribution >= 4 is 17.7 Å². The maximum Gasteiger partial charge on any atom is 0.227 e. The molecule has 0 saturated carbocycles. The molecule has 3 heterocycles. The number of hydrogen-bond donors (Lipinski definition) is 2. The Morgan fingerprint density at radius 2 is 2.10 bits per heavy atom. The first-order valence-electron chi connectivity index (χ1n) is 7.15. The van der Waals surface area contributed by atoms with E-state index in [2.05, 4.69) is 25.5 Å². The van der Waals surface area contributed by atoms with E-state index in [1.165, 1.54) is 0 Å². The van der Waals surface area contributed by atoms with Gasteiger partial charge in [-0.05, 0) is 25.2 Å². The number of hydrogen-bond acceptors (Lipinski definition) is 5. The second-order valence-corrected chi connectivity index (χ2v) is 5.89. The minimum absolute atomic E-state index is 0.170. The first-order valence-corrected chi connectivity index (χ1v) is 7.15. The van der Waals surface area contributed by atoms with Crippen LogP contribution in [-0.2, 0) is 4.79 Å². The molecule has 6 nitrogen and oxygen atoms in total. The van der Waals surface area contributed by atoms with Crippen molar-refractivity contribution in [2.45, 2.75) is 26.2 Å². The normalized spacial score (nSPS) is 21.1. The molecule has 2 fully saturated rings. The van der Waals surface area contributed by atoms with Crippen LogP contribution in [0.1, 0.15) is 25.0 Å². The third-order valence-corrected chi connectivity index (χ3v) is 4.40. The summed E-state index contributed by atoms with van der Waals surface area (Å²) < 4.78 is 0. The summed E-state index contributed by atoms with van der Waals surface area (Å²) in [5, 5.41) is 6.03. The third-order valence-electron chi connectivity index (χ3n) is 4.40. The van der Waals surface area contributed by atoms with Crippen LogP contribution < -0.4 is 15.5 Å². The molecule has 0 radical (unpaired) electrons. The Morgan fingerprint density at radius 3 is 2.70 bits per heavy atom. The van der Waals surface area contributed by atoms with Crippen molar-refractivity contribution in [1.82, 2.24) is 15.3 Å². The van der Waals surface area contributed by atoms with Crippen LogP contribution in [0.5, 0.6) is 0 Å². The minimum atomic E-state index is 0.170. The van der Waals surface area contributed by atoms with Crippen LogP contribution in [0.3, 0.4) is 0 Å². The molecule has 1 aromatic rings. The van der Waals surface area contributed by atoms with Crippen molar-refractivity contribution in [2.75, 3.05) is 36.9 Å². The zero-order valence-electron chi connectivity index (χ0n) is 12.1. The Kier molecular flexibility index (Phi) is 3.23. The molecule has 108 valence electrons. The summed E-state index contributed by atoms with van der Waals surface area (Å²) >= 11 is 0. The molecule has 1 spiro atoms. The van der Waals surface area contributed by atoms with Crippen LogP contribution >= 0.6 is 0 Å². The van der Waals surface area contributed by atoms with Crippen LogP contribution in [0.2, 0.25) is 0 Å². The topological polar surface area (TPSA) is 70.2 Å². The monoisotopic (exact) mass is 275 g/mol. The van der Waals surface area contributed by atoms with E-state index in [0.717, 1.165) is 49.9 Å². The highest BCUT2D eigenvalue weighted by Gasteiger charge is 2.41. The number of amides is 1. The standard InChI is InChI=1S/C14H21N5O/c1-10-7-11(15-2)18-13(17-10)19-5-3-14(4-6-19)8-12(20)16-9-14/h7H,3-6,8-9H2,1-2H3,(H,16,20)(H,15,17,18). The lowest BCUT2D eigenvalue weighted by Crippen LogP contribution is -2.42. The lowest BCUT2D eigenvalue weighted by Gasteiger charge is -2.38. The molecule has 20 heavy (non-hydrogen) atoms. The first kappa shape index (κ1) is 13.1. The summed E-state index contributed by atoms with van der Waals surface area (Å²) in [5.74, 6) is 1.84. The summed E-state index contributed by atoms with van der Waals surface area (Å²) in [7, 11) is 1.87. The van der Waals surface area contributed by atoms with Gasteiger partial charge in [-0.25, -0.2) is 4.98 Å². The fraction of sp³-hybridized carbons (Fsp3) is 0.643. The fourth-order valence-corrected chi connectivity index (χ4v) is 3.11. The maximum atomic E-state index is 11.4. The largest absolute Gasteiger partial charge is 0.373 e. The Labute approximate surface area is 119 Å². The van der Waals surface area contributed by atoms with Crippen molar-refractivity contribution in [2.24, 2.45) is 5.41 Å². The molecule has 0 aliphatic carbocycles. The second kappa shape index (κ2) is 4.92. The van der Waals surface area contributed by atoms with Crippen LogP contribution in [0.4, 0.5) is 11.8 Å². The van der Waals surface area contributed by atoms with Gasteiger partial charge in [0.15, 0.2) is 0 Å². The molecule has 0 atom stereocenters. The first-order chi connectivity index (χ1) is 9.60. The van der Waals surface area contributed by atoms with E-state index in [9.17, 15) is 4.79 Å². The summed E-state index contributed by atoms with van der Waals surface area (Å²) in [6.45, 7) is 4.65. The number of carbonyl (C=O) groups excluding carboxylic acids is 1. The van der Waals surface area contributed by atoms with Crippen molar-refractivity contribution < 1.29 is 4.79 Å². The molecule has 6 heteroatoms. The van der Waals surface area contributed by atoms with Gasteiger partial charge >= 0.3 is 0 Å². The van der Waals surface area contributed by atoms with Gasteiger partial charge in [-0.2, -0.15) is 4.98 Å². The molecule has 1 aromatic heterocycles. The molecule has 0 bridgehead atoms. The third kappa shape index (κ3) is 2.42. The summed E-state index contributed by atoms with van der Waals surface area (Å²) in [6.07, 6.45) is 2.73. The quantitative estimate of drug-likeness (QED) is 0.840. The molecule has 3 rings (SSSR count). The Morgan fingerprint density at radius 1 is 1.35 bits per heavy atom. The van der Waals surface area contributed by atoms with Crippen molar-refractivity contribution in [3.05, 3.63) is 11.8 Å². The number of rotatable bonds is 2. The van der Waals surface area contributed by atoms with Crippen LogP contribution in [0.25, 0.3) is 0 Å². The lowest BCUT2D eigenvalue weighted by molar-refractivity contribution is -0.119. The van der Waals surface area contributed by atoms with Crippen LogP contribution in [-0.4, -0.2) is 42.6 Å². The number of anilines is 2. The van der Waals surface area contributed by atoms with Gasteiger partial charge < -0.3 is 15.5 Å². The molecule has 2 aliphatic heterocycles. The van der Waals surface area contributed by atoms with E-state index in [-0.39, 0.29) is 11.3 Å². The molecule has 2 saturated heterocycles. The maximum absolute atomic E-state index is 11.4. The average molecular weight is 275 g/mol. The van der Waals surface area contributed by atoms with Crippen LogP contribution in [0, 0.1) is 12.3 Å². The Bertz CT molecular complexity index is 522. The van der Waals surface area contributed by atoms with Gasteiger partial charge in [-0.15, -0.1) is 0 Å². The van der Waals surface area contributed by atoms with Gasteiger partial charge in [0, 0.05) is 44.9 Å². The van der Waals surface area contributed by atoms with E-state index in [0.29, 0.717) is 6.42 Å². The Balaban J connectivity index is 1.72. The molecule has 2 N–H and O–H groups in total. The highest BCUT2D eigenvalue weighted by Crippen LogP contribution is 2.38. The predicted octanol–water partition coefficient (Wildman–Crippen LogP) is 0.933. The van der Waals surface area contributed by atoms with Crippen LogP contribution in [0.15, 0.2) is 6.07 Å². The number of carbonyl (C=O) groups is 1. The van der Waals surface area contributed by atoms with E-state index in [4.69, 9.17) is 0 Å². The number of nitrogens with one attached hydrogen (secondary N) is 2. The van der Waals surface area contributed by atoms with Gasteiger partial charge in [0.2, 0.25) is 11.9 Å². The molecule has 0 unspecified atom stereocenters. The Hall–Kier alpha value is -1.85. The molecule has 1 amide bonds. The van der Waals surface area contributed by atoms with Gasteiger partial charge in [0.1, 0.15) is 5.82 Å². The molecular formula is C14H21N5O. The summed E-state index contributed by atoms with van der Waals surface area (Å²) in [6, 6.07) is 1.94. The van der Waals surface area contributed by atoms with Gasteiger partial charge in [0.25, 0.3) is 0 Å². The van der Waals surface area contributed by atoms with E-state index in [1.54, 1.807) is 0 Å². The van der Waals surface area contributed by atoms with Gasteiger partial charge in [0.05, 0.1) is 0 Å². The second-order valence-electron chi connectivity index (χ2n) is 5.89. The molecule has 2 aliphatic rings. The van der Waals surface area contributed by atoms with Crippen molar-refractivity contribution in [3.63, 3.8) is 0 Å².